The van der Waals surface area contributed by atoms with Crippen molar-refractivity contribution in [2.45, 2.75) is 38.9 Å². The minimum atomic E-state index is -0.646. The average Bonchev–Trinajstić information content (AvgIpc) is 3.32. The van der Waals surface area contributed by atoms with Gasteiger partial charge in [0.15, 0.2) is 0 Å². The number of esters is 1. The fraction of sp³-hybridized carbons (Fsp3) is 0.478. The number of hydrogen-bond donors (Lipinski definition) is 1. The number of nitrogens with zero attached hydrogens (tertiary/aromatic N) is 4. The maximum absolute atomic E-state index is 13.2. The van der Waals surface area contributed by atoms with Crippen molar-refractivity contribution in [1.82, 2.24) is 14.9 Å². The summed E-state index contributed by atoms with van der Waals surface area (Å²) in [5.41, 5.74) is 3.68. The number of β-amino-alcohol motifs (C(OH)–C–C–N with tert-alkyl or cyclic N) is 1. The predicted molar refractivity (Wildman–Crippen MR) is 112 cm³/mol. The number of cyclic esters (lactones) is 1. The Morgan fingerprint density at radius 3 is 2.58 bits per heavy atom. The second-order valence-electron chi connectivity index (χ2n) is 8.78. The van der Waals surface area contributed by atoms with E-state index >= 15 is 0 Å². The highest BCUT2D eigenvalue weighted by molar-refractivity contribution is 5.99. The molecule has 2 aromatic rings. The van der Waals surface area contributed by atoms with Gasteiger partial charge in [0, 0.05) is 18.7 Å². The van der Waals surface area contributed by atoms with Crippen molar-refractivity contribution in [3.05, 3.63) is 53.1 Å². The molecule has 31 heavy (non-hydrogen) atoms. The number of fused-ring (bicyclic) bond motifs is 1. The fourth-order valence-electron chi connectivity index (χ4n) is 5.20. The van der Waals surface area contributed by atoms with E-state index < -0.39 is 6.10 Å². The molecule has 1 N–H and O–H groups in total. The number of ether oxygens (including phenoxy) is 1. The lowest BCUT2D eigenvalue weighted by Crippen LogP contribution is -2.45. The molecule has 1 spiro atoms. The smallest absolute Gasteiger partial charge is 0.338 e. The van der Waals surface area contributed by atoms with Gasteiger partial charge < -0.3 is 19.6 Å². The van der Waals surface area contributed by atoms with Gasteiger partial charge in [0.05, 0.1) is 35.2 Å². The summed E-state index contributed by atoms with van der Waals surface area (Å²) >= 11 is 0. The van der Waals surface area contributed by atoms with Crippen molar-refractivity contribution < 1.29 is 19.4 Å². The number of aliphatic hydroxyl groups is 1. The molecule has 2 saturated heterocycles. The third-order valence-corrected chi connectivity index (χ3v) is 7.18. The third kappa shape index (κ3) is 3.40. The SMILES string of the molecule is Cc1c(C(O)CN2CCC3(CC2)CCN(c2cncnc2)C3=O)ccc2c1COC2=O. The highest BCUT2D eigenvalue weighted by Crippen LogP contribution is 2.43. The van der Waals surface area contributed by atoms with Crippen LogP contribution < -0.4 is 4.90 Å². The van der Waals surface area contributed by atoms with Gasteiger partial charge in [-0.1, -0.05) is 6.07 Å². The molecule has 1 aromatic heterocycles. The van der Waals surface area contributed by atoms with Crippen LogP contribution in [-0.2, 0) is 16.1 Å². The van der Waals surface area contributed by atoms with E-state index in [1.165, 1.54) is 6.33 Å². The van der Waals surface area contributed by atoms with Crippen LogP contribution in [0.3, 0.4) is 0 Å². The Morgan fingerprint density at radius 2 is 1.84 bits per heavy atom. The molecule has 0 saturated carbocycles. The lowest BCUT2D eigenvalue weighted by atomic mass is 9.77. The predicted octanol–water partition coefficient (Wildman–Crippen LogP) is 2.01. The monoisotopic (exact) mass is 422 g/mol. The highest BCUT2D eigenvalue weighted by atomic mass is 16.5. The van der Waals surface area contributed by atoms with Gasteiger partial charge in [0.2, 0.25) is 5.91 Å². The number of amides is 1. The molecule has 5 rings (SSSR count). The van der Waals surface area contributed by atoms with E-state index in [0.29, 0.717) is 18.7 Å². The van der Waals surface area contributed by atoms with E-state index in [4.69, 9.17) is 4.74 Å². The van der Waals surface area contributed by atoms with E-state index in [9.17, 15) is 14.7 Å². The summed E-state index contributed by atoms with van der Waals surface area (Å²) in [5.74, 6) is -0.126. The minimum absolute atomic E-state index is 0.168. The first-order valence-corrected chi connectivity index (χ1v) is 10.8. The van der Waals surface area contributed by atoms with Crippen molar-refractivity contribution in [2.24, 2.45) is 5.41 Å². The molecule has 2 fully saturated rings. The van der Waals surface area contributed by atoms with Gasteiger partial charge in [0.1, 0.15) is 12.9 Å². The quantitative estimate of drug-likeness (QED) is 0.753. The summed E-state index contributed by atoms with van der Waals surface area (Å²) < 4.78 is 5.12. The number of carbonyl (C=O) groups is 2. The standard InChI is InChI=1S/C23H26N4O4/c1-15-17(2-3-18-19(15)13-31-21(18)29)20(28)12-26-7-4-23(5-8-26)6-9-27(22(23)30)16-10-24-14-25-11-16/h2-3,10-11,14,20,28H,4-9,12-13H2,1H3. The molecule has 1 atom stereocenters. The maximum atomic E-state index is 13.2. The molecule has 3 aliphatic rings. The van der Waals surface area contributed by atoms with Crippen molar-refractivity contribution in [1.29, 1.82) is 0 Å². The molecule has 0 radical (unpaired) electrons. The molecule has 1 amide bonds. The molecule has 0 bridgehead atoms. The molecule has 162 valence electrons. The molecule has 4 heterocycles. The van der Waals surface area contributed by atoms with Crippen molar-refractivity contribution in [3.8, 4) is 0 Å². The Bertz CT molecular complexity index is 1020. The normalized spacial score (nSPS) is 21.4. The Hall–Kier alpha value is -2.84. The van der Waals surface area contributed by atoms with Crippen molar-refractivity contribution >= 4 is 17.6 Å². The summed E-state index contributed by atoms with van der Waals surface area (Å²) in [4.78, 5) is 37.0. The van der Waals surface area contributed by atoms with Crippen LogP contribution in [0.5, 0.6) is 0 Å². The van der Waals surface area contributed by atoms with E-state index in [1.807, 2.05) is 17.9 Å². The van der Waals surface area contributed by atoms with Gasteiger partial charge >= 0.3 is 5.97 Å². The number of aliphatic hydroxyl groups excluding tert-OH is 1. The van der Waals surface area contributed by atoms with Crippen LogP contribution in [0.15, 0.2) is 30.9 Å². The summed E-state index contributed by atoms with van der Waals surface area (Å²) in [7, 11) is 0. The number of aromatic nitrogens is 2. The first-order valence-electron chi connectivity index (χ1n) is 10.8. The van der Waals surface area contributed by atoms with Gasteiger partial charge in [-0.2, -0.15) is 0 Å². The zero-order chi connectivity index (χ0) is 21.6. The zero-order valence-corrected chi connectivity index (χ0v) is 17.6. The number of benzene rings is 1. The van der Waals surface area contributed by atoms with Crippen molar-refractivity contribution in [2.75, 3.05) is 31.1 Å². The fourth-order valence-corrected chi connectivity index (χ4v) is 5.20. The third-order valence-electron chi connectivity index (χ3n) is 7.18. The van der Waals surface area contributed by atoms with Crippen LogP contribution in [0.25, 0.3) is 0 Å². The molecular formula is C23H26N4O4. The molecule has 0 aliphatic carbocycles. The molecule has 3 aliphatic heterocycles. The van der Waals surface area contributed by atoms with Crippen LogP contribution in [0.2, 0.25) is 0 Å². The van der Waals surface area contributed by atoms with Gasteiger partial charge in [-0.3, -0.25) is 4.79 Å². The maximum Gasteiger partial charge on any atom is 0.338 e. The van der Waals surface area contributed by atoms with Crippen LogP contribution in [-0.4, -0.2) is 58.0 Å². The van der Waals surface area contributed by atoms with Crippen LogP contribution in [0.4, 0.5) is 5.69 Å². The number of anilines is 1. The van der Waals surface area contributed by atoms with Crippen LogP contribution in [0, 0.1) is 12.3 Å². The number of rotatable bonds is 4. The van der Waals surface area contributed by atoms with E-state index in [2.05, 4.69) is 14.9 Å². The van der Waals surface area contributed by atoms with E-state index in [1.54, 1.807) is 18.5 Å². The Morgan fingerprint density at radius 1 is 1.13 bits per heavy atom. The van der Waals surface area contributed by atoms with Gasteiger partial charge in [-0.15, -0.1) is 0 Å². The molecular weight excluding hydrogens is 396 g/mol. The second kappa shape index (κ2) is 7.69. The molecule has 8 heteroatoms. The number of hydrogen-bond acceptors (Lipinski definition) is 7. The van der Waals surface area contributed by atoms with Gasteiger partial charge in [-0.25, -0.2) is 14.8 Å². The molecule has 1 aromatic carbocycles. The molecule has 1 unspecified atom stereocenters. The average molecular weight is 422 g/mol. The first kappa shape index (κ1) is 20.1. The largest absolute Gasteiger partial charge is 0.457 e. The second-order valence-corrected chi connectivity index (χ2v) is 8.78. The first-order chi connectivity index (χ1) is 15.0. The Labute approximate surface area is 180 Å². The number of carbonyl (C=O) groups excluding carboxylic acids is 2. The van der Waals surface area contributed by atoms with Crippen LogP contribution in [0.1, 0.15) is 52.4 Å². The Balaban J connectivity index is 1.23. The topological polar surface area (TPSA) is 95.9 Å². The summed E-state index contributed by atoms with van der Waals surface area (Å²) in [6, 6.07) is 3.58. The zero-order valence-electron chi connectivity index (χ0n) is 17.6. The summed E-state index contributed by atoms with van der Waals surface area (Å²) in [6.45, 7) is 4.96. The number of piperidine rings is 1. The van der Waals surface area contributed by atoms with Crippen molar-refractivity contribution in [3.63, 3.8) is 0 Å². The number of likely N-dealkylation sites (tertiary alicyclic amines) is 1. The molecule has 8 nitrogen and oxygen atoms in total. The van der Waals surface area contributed by atoms with E-state index in [-0.39, 0.29) is 23.9 Å². The lowest BCUT2D eigenvalue weighted by molar-refractivity contribution is -0.128. The lowest BCUT2D eigenvalue weighted by Gasteiger charge is -2.38. The van der Waals surface area contributed by atoms with Crippen LogP contribution >= 0.6 is 0 Å². The van der Waals surface area contributed by atoms with Gasteiger partial charge in [-0.05, 0) is 56.5 Å². The summed E-state index contributed by atoms with van der Waals surface area (Å²) in [5, 5.41) is 10.9. The Kier molecular flexibility index (Phi) is 4.98. The minimum Gasteiger partial charge on any atom is -0.457 e. The van der Waals surface area contributed by atoms with E-state index in [0.717, 1.165) is 54.7 Å². The highest BCUT2D eigenvalue weighted by Gasteiger charge is 2.48. The summed E-state index contributed by atoms with van der Waals surface area (Å²) in [6.07, 6.45) is 6.61. The van der Waals surface area contributed by atoms with Gasteiger partial charge in [0.25, 0.3) is 0 Å².